The molecule has 0 spiro atoms. The third-order valence-electron chi connectivity index (χ3n) is 12.6. The molecule has 0 saturated carbocycles. The molecule has 13 rings (SSSR count). The maximum atomic E-state index is 5.51. The SMILES string of the molecule is c1ccc(-c2cc(-c3cc4c(cc3-n3c5ccccc5c5ccc6c(c7ccccc7n6-c6ccccc6)c53)c3ccccc3n4-c3ccccc3)nc(-c3ccccc3)n2)cc1. The molecule has 5 heteroatoms. The van der Waals surface area contributed by atoms with Gasteiger partial charge in [0.1, 0.15) is 0 Å². The number of nitrogens with zero attached hydrogens (tertiary/aromatic N) is 5. The molecule has 0 aliphatic heterocycles. The second-order valence-electron chi connectivity index (χ2n) is 16.2. The fourth-order valence-electron chi connectivity index (χ4n) is 9.92. The molecule has 0 unspecified atom stereocenters. The van der Waals surface area contributed by atoms with Crippen LogP contribution in [0.1, 0.15) is 0 Å². The predicted molar refractivity (Wildman–Crippen MR) is 261 cm³/mol. The monoisotopic (exact) mass is 803 g/mol. The minimum Gasteiger partial charge on any atom is -0.309 e. The minimum atomic E-state index is 0.678. The van der Waals surface area contributed by atoms with Crippen LogP contribution in [0, 0.1) is 0 Å². The van der Waals surface area contributed by atoms with Gasteiger partial charge >= 0.3 is 0 Å². The molecule has 63 heavy (non-hydrogen) atoms. The van der Waals surface area contributed by atoms with Gasteiger partial charge in [-0.3, -0.25) is 0 Å². The van der Waals surface area contributed by atoms with E-state index in [0.29, 0.717) is 5.82 Å². The van der Waals surface area contributed by atoms with Crippen LogP contribution in [0.4, 0.5) is 0 Å². The Morgan fingerprint density at radius 2 is 0.794 bits per heavy atom. The average molecular weight is 804 g/mol. The van der Waals surface area contributed by atoms with Gasteiger partial charge in [-0.25, -0.2) is 9.97 Å². The summed E-state index contributed by atoms with van der Waals surface area (Å²) in [5.74, 6) is 0.678. The first-order chi connectivity index (χ1) is 31.3. The first-order valence-electron chi connectivity index (χ1n) is 21.4. The lowest BCUT2D eigenvalue weighted by Crippen LogP contribution is -2.02. The number of benzene rings is 9. The molecule has 0 atom stereocenters. The Hall–Kier alpha value is -8.54. The Bertz CT molecular complexity index is 3820. The van der Waals surface area contributed by atoms with Crippen molar-refractivity contribution >= 4 is 65.4 Å². The second kappa shape index (κ2) is 14.0. The summed E-state index contributed by atoms with van der Waals surface area (Å²) in [5, 5.41) is 7.16. The molecular formula is C58H37N5. The van der Waals surface area contributed by atoms with Gasteiger partial charge in [0.15, 0.2) is 5.82 Å². The molecule has 0 fully saturated rings. The van der Waals surface area contributed by atoms with E-state index in [0.717, 1.165) is 72.7 Å². The van der Waals surface area contributed by atoms with Crippen molar-refractivity contribution in [3.05, 3.63) is 224 Å². The summed E-state index contributed by atoms with van der Waals surface area (Å²) >= 11 is 0. The number of rotatable bonds is 6. The lowest BCUT2D eigenvalue weighted by molar-refractivity contribution is 1.15. The molecule has 0 aliphatic carbocycles. The highest BCUT2D eigenvalue weighted by molar-refractivity contribution is 6.26. The van der Waals surface area contributed by atoms with Crippen molar-refractivity contribution < 1.29 is 0 Å². The quantitative estimate of drug-likeness (QED) is 0.168. The Kier molecular flexibility index (Phi) is 7.84. The summed E-state index contributed by atoms with van der Waals surface area (Å²) < 4.78 is 7.32. The Labute approximate surface area is 363 Å². The van der Waals surface area contributed by atoms with E-state index in [1.165, 1.54) is 37.8 Å². The van der Waals surface area contributed by atoms with E-state index in [4.69, 9.17) is 9.97 Å². The third-order valence-corrected chi connectivity index (χ3v) is 12.6. The van der Waals surface area contributed by atoms with E-state index in [2.05, 4.69) is 232 Å². The topological polar surface area (TPSA) is 40.6 Å². The summed E-state index contributed by atoms with van der Waals surface area (Å²) in [6, 6.07) is 80.2. The molecule has 0 aliphatic rings. The van der Waals surface area contributed by atoms with Crippen LogP contribution in [0.2, 0.25) is 0 Å². The molecule has 0 saturated heterocycles. The summed E-state index contributed by atoms with van der Waals surface area (Å²) in [4.78, 5) is 10.7. The van der Waals surface area contributed by atoms with Crippen LogP contribution in [0.15, 0.2) is 224 Å². The van der Waals surface area contributed by atoms with Gasteiger partial charge < -0.3 is 13.7 Å². The molecule has 4 aromatic heterocycles. The van der Waals surface area contributed by atoms with Gasteiger partial charge in [-0.1, -0.05) is 158 Å². The molecule has 5 nitrogen and oxygen atoms in total. The van der Waals surface area contributed by atoms with Crippen molar-refractivity contribution in [1.29, 1.82) is 0 Å². The van der Waals surface area contributed by atoms with E-state index in [1.807, 2.05) is 6.07 Å². The number of para-hydroxylation sites is 5. The fourth-order valence-corrected chi connectivity index (χ4v) is 9.92. The summed E-state index contributed by atoms with van der Waals surface area (Å²) in [5.41, 5.74) is 14.9. The van der Waals surface area contributed by atoms with Crippen molar-refractivity contribution in [2.45, 2.75) is 0 Å². The summed E-state index contributed by atoms with van der Waals surface area (Å²) in [7, 11) is 0. The van der Waals surface area contributed by atoms with Gasteiger partial charge in [-0.05, 0) is 66.7 Å². The zero-order chi connectivity index (χ0) is 41.4. The first kappa shape index (κ1) is 35.2. The molecular weight excluding hydrogens is 767 g/mol. The standard InChI is InChI=1S/C58H37N5/c1-5-19-38(20-6-1)48-37-49(60-58(59-48)39-21-7-2-8-22-39)47-36-54-46(43-28-14-16-30-50(43)62(54)41-25-11-4-12-26-41)35-55(47)63-51-31-17-13-27-42(51)44-33-34-53-56(57(44)63)45-29-15-18-32-52(45)61(53)40-23-9-3-10-24-40/h1-37H. The van der Waals surface area contributed by atoms with Crippen LogP contribution in [-0.4, -0.2) is 23.7 Å². The molecule has 294 valence electrons. The molecule has 0 bridgehead atoms. The van der Waals surface area contributed by atoms with Crippen LogP contribution in [0.25, 0.3) is 116 Å². The normalized spacial score (nSPS) is 11.8. The maximum absolute atomic E-state index is 5.51. The van der Waals surface area contributed by atoms with Crippen molar-refractivity contribution in [2.75, 3.05) is 0 Å². The lowest BCUT2D eigenvalue weighted by atomic mass is 10.0. The molecule has 9 aromatic carbocycles. The zero-order valence-electron chi connectivity index (χ0n) is 34.1. The molecule has 0 amide bonds. The summed E-state index contributed by atoms with van der Waals surface area (Å²) in [6.07, 6.45) is 0. The van der Waals surface area contributed by atoms with E-state index in [9.17, 15) is 0 Å². The predicted octanol–water partition coefficient (Wildman–Crippen LogP) is 14.8. The van der Waals surface area contributed by atoms with E-state index in [-0.39, 0.29) is 0 Å². The lowest BCUT2D eigenvalue weighted by Gasteiger charge is -2.17. The van der Waals surface area contributed by atoms with Gasteiger partial charge in [-0.15, -0.1) is 0 Å². The highest BCUT2D eigenvalue weighted by Gasteiger charge is 2.25. The van der Waals surface area contributed by atoms with Gasteiger partial charge in [0.25, 0.3) is 0 Å². The minimum absolute atomic E-state index is 0.678. The average Bonchev–Trinajstić information content (AvgIpc) is 4.00. The third kappa shape index (κ3) is 5.43. The van der Waals surface area contributed by atoms with Crippen molar-refractivity contribution in [2.24, 2.45) is 0 Å². The second-order valence-corrected chi connectivity index (χ2v) is 16.2. The van der Waals surface area contributed by atoms with Gasteiger partial charge in [0.05, 0.1) is 50.2 Å². The van der Waals surface area contributed by atoms with Crippen LogP contribution in [-0.2, 0) is 0 Å². The van der Waals surface area contributed by atoms with Gasteiger partial charge in [-0.2, -0.15) is 0 Å². The van der Waals surface area contributed by atoms with Gasteiger partial charge in [0, 0.05) is 60.4 Å². The van der Waals surface area contributed by atoms with Crippen molar-refractivity contribution in [3.8, 4) is 51.0 Å². The van der Waals surface area contributed by atoms with Crippen molar-refractivity contribution in [3.63, 3.8) is 0 Å². The fraction of sp³-hybridized carbons (Fsp3) is 0. The van der Waals surface area contributed by atoms with Crippen molar-refractivity contribution in [1.82, 2.24) is 23.7 Å². The number of fused-ring (bicyclic) bond motifs is 10. The Balaban J connectivity index is 1.23. The van der Waals surface area contributed by atoms with E-state index >= 15 is 0 Å². The zero-order valence-corrected chi connectivity index (χ0v) is 34.1. The Morgan fingerprint density at radius 1 is 0.302 bits per heavy atom. The number of hydrogen-bond acceptors (Lipinski definition) is 2. The van der Waals surface area contributed by atoms with E-state index < -0.39 is 0 Å². The largest absolute Gasteiger partial charge is 0.309 e. The summed E-state index contributed by atoms with van der Waals surface area (Å²) in [6.45, 7) is 0. The van der Waals surface area contributed by atoms with Crippen LogP contribution >= 0.6 is 0 Å². The highest BCUT2D eigenvalue weighted by atomic mass is 15.0. The van der Waals surface area contributed by atoms with Crippen LogP contribution in [0.5, 0.6) is 0 Å². The number of aromatic nitrogens is 5. The van der Waals surface area contributed by atoms with Gasteiger partial charge in [0.2, 0.25) is 0 Å². The highest BCUT2D eigenvalue weighted by Crippen LogP contribution is 2.46. The van der Waals surface area contributed by atoms with E-state index in [1.54, 1.807) is 0 Å². The molecule has 13 aromatic rings. The maximum Gasteiger partial charge on any atom is 0.160 e. The first-order valence-corrected chi connectivity index (χ1v) is 21.4. The number of hydrogen-bond donors (Lipinski definition) is 0. The van der Waals surface area contributed by atoms with Crippen LogP contribution in [0.3, 0.4) is 0 Å². The smallest absolute Gasteiger partial charge is 0.160 e. The molecule has 0 radical (unpaired) electrons. The molecule has 0 N–H and O–H groups in total. The Morgan fingerprint density at radius 3 is 1.44 bits per heavy atom. The molecule has 4 heterocycles. The van der Waals surface area contributed by atoms with Crippen LogP contribution < -0.4 is 0 Å².